The topological polar surface area (TPSA) is 52.6 Å². The quantitative estimate of drug-likeness (QED) is 0.460. The summed E-state index contributed by atoms with van der Waals surface area (Å²) in [5.74, 6) is -0.394. The average molecular weight is 182 g/mol. The van der Waals surface area contributed by atoms with Gasteiger partial charge in [-0.1, -0.05) is 0 Å². The summed E-state index contributed by atoms with van der Waals surface area (Å²) >= 11 is 0. The van der Waals surface area contributed by atoms with Gasteiger partial charge in [0.1, 0.15) is 0 Å². The lowest BCUT2D eigenvalue weighted by atomic mass is 9.87. The molecule has 3 aliphatic rings. The number of hydrogen-bond donors (Lipinski definition) is 0. The molecule has 0 aromatic rings. The van der Waals surface area contributed by atoms with Crippen molar-refractivity contribution in [3.05, 3.63) is 0 Å². The minimum Gasteiger partial charge on any atom is -0.424 e. The Kier molecular flexibility index (Phi) is 1.16. The first-order chi connectivity index (χ1) is 6.25. The van der Waals surface area contributed by atoms with E-state index in [-0.39, 0.29) is 17.8 Å². The highest BCUT2D eigenvalue weighted by atomic mass is 16.7. The van der Waals surface area contributed by atoms with E-state index in [1.165, 1.54) is 0 Å². The van der Waals surface area contributed by atoms with Crippen molar-refractivity contribution in [2.24, 2.45) is 17.8 Å². The van der Waals surface area contributed by atoms with Gasteiger partial charge in [-0.15, -0.1) is 0 Å². The fraction of sp³-hybridized carbons (Fsp3) is 0.778. The second-order valence-electron chi connectivity index (χ2n) is 4.20. The summed E-state index contributed by atoms with van der Waals surface area (Å²) < 4.78 is 10.1. The predicted octanol–water partition coefficient (Wildman–Crippen LogP) is 0.459. The largest absolute Gasteiger partial charge is 0.424 e. The molecule has 0 spiro atoms. The van der Waals surface area contributed by atoms with Crippen LogP contribution in [-0.4, -0.2) is 18.2 Å². The molecule has 4 atom stereocenters. The minimum atomic E-state index is -0.869. The highest BCUT2D eigenvalue weighted by Gasteiger charge is 2.67. The maximum Gasteiger partial charge on any atom is 0.312 e. The summed E-state index contributed by atoms with van der Waals surface area (Å²) in [6.45, 7) is 0.399. The van der Waals surface area contributed by atoms with Crippen molar-refractivity contribution in [2.45, 2.75) is 25.0 Å². The zero-order valence-corrected chi connectivity index (χ0v) is 7.06. The molecular weight excluding hydrogens is 172 g/mol. The van der Waals surface area contributed by atoms with Crippen LogP contribution in [0.3, 0.4) is 0 Å². The van der Waals surface area contributed by atoms with Gasteiger partial charge in [0, 0.05) is 12.3 Å². The molecule has 3 fully saturated rings. The summed E-state index contributed by atoms with van der Waals surface area (Å²) in [4.78, 5) is 21.7. The fourth-order valence-electron chi connectivity index (χ4n) is 3.21. The van der Waals surface area contributed by atoms with Gasteiger partial charge in [0.2, 0.25) is 0 Å². The van der Waals surface area contributed by atoms with Gasteiger partial charge in [-0.3, -0.25) is 9.59 Å². The molecule has 2 bridgehead atoms. The number of rotatable bonds is 2. The summed E-state index contributed by atoms with van der Waals surface area (Å²) in [6, 6.07) is 0. The van der Waals surface area contributed by atoms with Gasteiger partial charge >= 0.3 is 5.97 Å². The molecule has 13 heavy (non-hydrogen) atoms. The Morgan fingerprint density at radius 2 is 2.38 bits per heavy atom. The van der Waals surface area contributed by atoms with Crippen LogP contribution >= 0.6 is 0 Å². The molecule has 4 nitrogen and oxygen atoms in total. The van der Waals surface area contributed by atoms with E-state index in [1.807, 2.05) is 0 Å². The van der Waals surface area contributed by atoms with E-state index in [9.17, 15) is 9.59 Å². The van der Waals surface area contributed by atoms with Crippen LogP contribution < -0.4 is 0 Å². The molecule has 1 saturated heterocycles. The first-order valence-electron chi connectivity index (χ1n) is 4.59. The van der Waals surface area contributed by atoms with Crippen LogP contribution in [0, 0.1) is 17.8 Å². The maximum absolute atomic E-state index is 11.4. The molecule has 0 aromatic heterocycles. The first kappa shape index (κ1) is 7.35. The van der Waals surface area contributed by atoms with Gasteiger partial charge in [0.05, 0.1) is 5.92 Å². The molecule has 0 N–H and O–H groups in total. The van der Waals surface area contributed by atoms with Gasteiger partial charge < -0.3 is 9.47 Å². The molecule has 4 heteroatoms. The second-order valence-corrected chi connectivity index (χ2v) is 4.20. The van der Waals surface area contributed by atoms with Crippen LogP contribution in [0.1, 0.15) is 19.3 Å². The third kappa shape index (κ3) is 0.716. The number of carbonyl (C=O) groups excluding carboxylic acids is 2. The summed E-state index contributed by atoms with van der Waals surface area (Å²) in [5, 5.41) is 0. The molecule has 0 amide bonds. The Bertz CT molecular complexity index is 287. The van der Waals surface area contributed by atoms with Crippen LogP contribution in [0.15, 0.2) is 0 Å². The minimum absolute atomic E-state index is 0.00120. The normalized spacial score (nSPS) is 50.8. The lowest BCUT2D eigenvalue weighted by molar-refractivity contribution is -0.212. The van der Waals surface area contributed by atoms with Crippen LogP contribution in [0.4, 0.5) is 0 Å². The SMILES string of the molecule is O=COC12CC3CC(C(=O)O1)C2C3. The van der Waals surface area contributed by atoms with Crippen molar-refractivity contribution in [3.63, 3.8) is 0 Å². The van der Waals surface area contributed by atoms with Gasteiger partial charge in [0.25, 0.3) is 12.3 Å². The fourth-order valence-corrected chi connectivity index (χ4v) is 3.21. The first-order valence-corrected chi connectivity index (χ1v) is 4.59. The summed E-state index contributed by atoms with van der Waals surface area (Å²) in [6.07, 6.45) is 2.61. The predicted molar refractivity (Wildman–Crippen MR) is 40.3 cm³/mol. The summed E-state index contributed by atoms with van der Waals surface area (Å²) in [5.41, 5.74) is 0. The van der Waals surface area contributed by atoms with Crippen LogP contribution in [0.2, 0.25) is 0 Å². The smallest absolute Gasteiger partial charge is 0.312 e. The van der Waals surface area contributed by atoms with Crippen LogP contribution in [-0.2, 0) is 19.1 Å². The van der Waals surface area contributed by atoms with Crippen LogP contribution in [0.25, 0.3) is 0 Å². The monoisotopic (exact) mass is 182 g/mol. The number of hydrogen-bond acceptors (Lipinski definition) is 4. The van der Waals surface area contributed by atoms with E-state index in [4.69, 9.17) is 9.47 Å². The molecule has 1 aliphatic heterocycles. The van der Waals surface area contributed by atoms with Crippen molar-refractivity contribution >= 4 is 12.4 Å². The number of fused-ring (bicyclic) bond motifs is 1. The molecule has 4 unspecified atom stereocenters. The van der Waals surface area contributed by atoms with E-state index < -0.39 is 5.79 Å². The Morgan fingerprint density at radius 3 is 3.08 bits per heavy atom. The number of ether oxygens (including phenoxy) is 2. The lowest BCUT2D eigenvalue weighted by Gasteiger charge is -2.27. The molecular formula is C9H10O4. The molecule has 2 aliphatic carbocycles. The van der Waals surface area contributed by atoms with E-state index in [0.29, 0.717) is 18.8 Å². The lowest BCUT2D eigenvalue weighted by Crippen LogP contribution is -2.36. The van der Waals surface area contributed by atoms with E-state index in [1.54, 1.807) is 0 Å². The van der Waals surface area contributed by atoms with E-state index >= 15 is 0 Å². The van der Waals surface area contributed by atoms with Gasteiger partial charge in [-0.2, -0.15) is 0 Å². The zero-order valence-electron chi connectivity index (χ0n) is 7.06. The van der Waals surface area contributed by atoms with Crippen molar-refractivity contribution in [1.82, 2.24) is 0 Å². The zero-order chi connectivity index (χ0) is 9.05. The van der Waals surface area contributed by atoms with E-state index in [2.05, 4.69) is 0 Å². The molecule has 0 aromatic carbocycles. The van der Waals surface area contributed by atoms with Gasteiger partial charge in [0.15, 0.2) is 0 Å². The maximum atomic E-state index is 11.4. The number of carbonyl (C=O) groups is 2. The third-order valence-corrected chi connectivity index (χ3v) is 3.62. The highest BCUT2D eigenvalue weighted by molar-refractivity contribution is 5.77. The van der Waals surface area contributed by atoms with Crippen LogP contribution in [0.5, 0.6) is 0 Å². The van der Waals surface area contributed by atoms with Gasteiger partial charge in [-0.25, -0.2) is 0 Å². The Morgan fingerprint density at radius 1 is 1.54 bits per heavy atom. The van der Waals surface area contributed by atoms with E-state index in [0.717, 1.165) is 12.8 Å². The Balaban J connectivity index is 1.99. The van der Waals surface area contributed by atoms with Gasteiger partial charge in [-0.05, 0) is 18.8 Å². The third-order valence-electron chi connectivity index (χ3n) is 3.62. The molecule has 1 heterocycles. The Labute approximate surface area is 75.2 Å². The molecule has 2 saturated carbocycles. The Hall–Kier alpha value is -1.06. The number of esters is 1. The van der Waals surface area contributed by atoms with Crippen molar-refractivity contribution in [3.8, 4) is 0 Å². The van der Waals surface area contributed by atoms with Crippen molar-refractivity contribution in [1.29, 1.82) is 0 Å². The standard InChI is InChI=1S/C9H10O4/c10-4-12-9-3-5-1-6(7(9)2-5)8(11)13-9/h4-7H,1-3H2. The van der Waals surface area contributed by atoms with Crippen molar-refractivity contribution in [2.75, 3.05) is 0 Å². The molecule has 0 radical (unpaired) electrons. The molecule has 3 rings (SSSR count). The molecule has 70 valence electrons. The van der Waals surface area contributed by atoms with Crippen molar-refractivity contribution < 1.29 is 19.1 Å². The summed E-state index contributed by atoms with van der Waals surface area (Å²) in [7, 11) is 0. The average Bonchev–Trinajstić information content (AvgIpc) is 2.62. The highest BCUT2D eigenvalue weighted by Crippen LogP contribution is 2.60. The second kappa shape index (κ2) is 2.05.